The summed E-state index contributed by atoms with van der Waals surface area (Å²) in [7, 11) is 0. The molecule has 2 aromatic heterocycles. The lowest BCUT2D eigenvalue weighted by Gasteiger charge is -2.39. The SMILES string of the molecule is C[C@@H]1CCC[C@@H](C)N1C(=O)Cn1nc2c3ccc(Cl)cc3ncn2c1=O. The van der Waals surface area contributed by atoms with E-state index < -0.39 is 0 Å². The maximum atomic E-state index is 12.8. The Morgan fingerprint density at radius 2 is 2.00 bits per heavy atom. The van der Waals surface area contributed by atoms with Gasteiger partial charge in [-0.15, -0.1) is 5.10 Å². The van der Waals surface area contributed by atoms with Gasteiger partial charge >= 0.3 is 5.69 Å². The number of amides is 1. The van der Waals surface area contributed by atoms with E-state index in [0.717, 1.165) is 24.6 Å². The summed E-state index contributed by atoms with van der Waals surface area (Å²) in [4.78, 5) is 31.6. The zero-order chi connectivity index (χ0) is 18.4. The van der Waals surface area contributed by atoms with Crippen LogP contribution in [0.4, 0.5) is 0 Å². The van der Waals surface area contributed by atoms with E-state index in [1.165, 1.54) is 15.4 Å². The molecule has 26 heavy (non-hydrogen) atoms. The Bertz CT molecular complexity index is 1050. The molecular weight excluding hydrogens is 354 g/mol. The van der Waals surface area contributed by atoms with Crippen LogP contribution >= 0.6 is 11.6 Å². The van der Waals surface area contributed by atoms with Crippen LogP contribution in [0, 0.1) is 0 Å². The van der Waals surface area contributed by atoms with Crippen molar-refractivity contribution in [3.63, 3.8) is 0 Å². The average Bonchev–Trinajstić information content (AvgIpc) is 2.90. The second-order valence-electron chi connectivity index (χ2n) is 6.97. The van der Waals surface area contributed by atoms with Crippen molar-refractivity contribution in [3.8, 4) is 0 Å². The predicted molar refractivity (Wildman–Crippen MR) is 99.4 cm³/mol. The summed E-state index contributed by atoms with van der Waals surface area (Å²) < 4.78 is 2.59. The number of nitrogens with zero attached hydrogens (tertiary/aromatic N) is 5. The molecule has 0 spiro atoms. The van der Waals surface area contributed by atoms with Crippen molar-refractivity contribution in [2.45, 2.75) is 51.7 Å². The van der Waals surface area contributed by atoms with Gasteiger partial charge in [0.15, 0.2) is 5.65 Å². The van der Waals surface area contributed by atoms with Crippen molar-refractivity contribution in [1.29, 1.82) is 0 Å². The Balaban J connectivity index is 1.73. The zero-order valence-electron chi connectivity index (χ0n) is 14.7. The molecule has 3 aromatic rings. The van der Waals surface area contributed by atoms with E-state index in [1.807, 2.05) is 4.90 Å². The highest BCUT2D eigenvalue weighted by Gasteiger charge is 2.29. The van der Waals surface area contributed by atoms with Gasteiger partial charge in [-0.3, -0.25) is 4.79 Å². The van der Waals surface area contributed by atoms with Crippen LogP contribution in [0.5, 0.6) is 0 Å². The Morgan fingerprint density at radius 3 is 2.73 bits per heavy atom. The molecule has 1 fully saturated rings. The normalized spacial score (nSPS) is 20.8. The van der Waals surface area contributed by atoms with Crippen molar-refractivity contribution in [1.82, 2.24) is 24.1 Å². The number of benzene rings is 1. The molecule has 1 saturated heterocycles. The molecule has 0 saturated carbocycles. The fourth-order valence-electron chi connectivity index (χ4n) is 3.85. The molecule has 0 aliphatic carbocycles. The highest BCUT2D eigenvalue weighted by molar-refractivity contribution is 6.31. The van der Waals surface area contributed by atoms with Crippen LogP contribution in [0.1, 0.15) is 33.1 Å². The van der Waals surface area contributed by atoms with Crippen LogP contribution < -0.4 is 5.69 Å². The highest BCUT2D eigenvalue weighted by atomic mass is 35.5. The highest BCUT2D eigenvalue weighted by Crippen LogP contribution is 2.23. The van der Waals surface area contributed by atoms with Crippen molar-refractivity contribution >= 4 is 34.1 Å². The van der Waals surface area contributed by atoms with Gasteiger partial charge in [-0.1, -0.05) is 11.6 Å². The first-order valence-corrected chi connectivity index (χ1v) is 9.18. The van der Waals surface area contributed by atoms with E-state index >= 15 is 0 Å². The molecule has 1 amide bonds. The van der Waals surface area contributed by atoms with Crippen molar-refractivity contribution in [3.05, 3.63) is 40.0 Å². The number of aromatic nitrogens is 4. The molecule has 136 valence electrons. The molecule has 3 heterocycles. The minimum Gasteiger partial charge on any atom is -0.336 e. The quantitative estimate of drug-likeness (QED) is 0.691. The second-order valence-corrected chi connectivity index (χ2v) is 7.41. The number of likely N-dealkylation sites (tertiary alicyclic amines) is 1. The number of fused-ring (bicyclic) bond motifs is 3. The molecule has 1 aromatic carbocycles. The van der Waals surface area contributed by atoms with Gasteiger partial charge in [-0.2, -0.15) is 0 Å². The summed E-state index contributed by atoms with van der Waals surface area (Å²) in [5.74, 6) is -0.0736. The summed E-state index contributed by atoms with van der Waals surface area (Å²) in [6.45, 7) is 4.05. The topological polar surface area (TPSA) is 72.5 Å². The van der Waals surface area contributed by atoms with Gasteiger partial charge in [0.05, 0.1) is 5.52 Å². The molecule has 2 atom stereocenters. The molecule has 0 radical (unpaired) electrons. The van der Waals surface area contributed by atoms with Crippen LogP contribution in [0.25, 0.3) is 16.6 Å². The van der Waals surface area contributed by atoms with E-state index in [-0.39, 0.29) is 30.2 Å². The first-order valence-electron chi connectivity index (χ1n) is 8.80. The number of carbonyl (C=O) groups excluding carboxylic acids is 1. The molecular formula is C18H20ClN5O2. The van der Waals surface area contributed by atoms with Gasteiger partial charge in [0.2, 0.25) is 5.91 Å². The van der Waals surface area contributed by atoms with Gasteiger partial charge < -0.3 is 4.90 Å². The molecule has 0 unspecified atom stereocenters. The van der Waals surface area contributed by atoms with Crippen LogP contribution in [0.3, 0.4) is 0 Å². The van der Waals surface area contributed by atoms with Gasteiger partial charge in [0, 0.05) is 22.5 Å². The predicted octanol–water partition coefficient (Wildman–Crippen LogP) is 2.49. The summed E-state index contributed by atoms with van der Waals surface area (Å²) in [5.41, 5.74) is 0.769. The molecule has 0 bridgehead atoms. The molecule has 1 aliphatic heterocycles. The third-order valence-corrected chi connectivity index (χ3v) is 5.39. The lowest BCUT2D eigenvalue weighted by molar-refractivity contribution is -0.138. The zero-order valence-corrected chi connectivity index (χ0v) is 15.5. The molecule has 7 nitrogen and oxygen atoms in total. The number of hydrogen-bond donors (Lipinski definition) is 0. The van der Waals surface area contributed by atoms with E-state index in [1.54, 1.807) is 18.2 Å². The first-order chi connectivity index (χ1) is 12.5. The maximum absolute atomic E-state index is 12.8. The first kappa shape index (κ1) is 17.0. The smallest absolute Gasteiger partial charge is 0.336 e. The number of carbonyl (C=O) groups is 1. The molecule has 1 aliphatic rings. The van der Waals surface area contributed by atoms with Crippen molar-refractivity contribution in [2.75, 3.05) is 0 Å². The third-order valence-electron chi connectivity index (χ3n) is 5.15. The minimum atomic E-state index is -0.366. The second kappa shape index (κ2) is 6.39. The molecule has 8 heteroatoms. The maximum Gasteiger partial charge on any atom is 0.352 e. The van der Waals surface area contributed by atoms with Crippen LogP contribution in [-0.4, -0.2) is 42.1 Å². The van der Waals surface area contributed by atoms with E-state index in [9.17, 15) is 9.59 Å². The largest absolute Gasteiger partial charge is 0.352 e. The number of hydrogen-bond acceptors (Lipinski definition) is 4. The monoisotopic (exact) mass is 373 g/mol. The summed E-state index contributed by atoms with van der Waals surface area (Å²) >= 11 is 6.00. The van der Waals surface area contributed by atoms with Gasteiger partial charge in [0.1, 0.15) is 12.9 Å². The minimum absolute atomic E-state index is 0.0652. The number of halogens is 1. The summed E-state index contributed by atoms with van der Waals surface area (Å²) in [5, 5.41) is 5.68. The Labute approximate surface area is 155 Å². The van der Waals surface area contributed by atoms with E-state index in [2.05, 4.69) is 23.9 Å². The molecule has 0 N–H and O–H groups in total. The summed E-state index contributed by atoms with van der Waals surface area (Å²) in [6.07, 6.45) is 4.54. The number of rotatable bonds is 2. The van der Waals surface area contributed by atoms with Crippen LogP contribution in [0.15, 0.2) is 29.3 Å². The Morgan fingerprint density at radius 1 is 1.27 bits per heavy atom. The Hall–Kier alpha value is -2.41. The van der Waals surface area contributed by atoms with Crippen molar-refractivity contribution < 1.29 is 4.79 Å². The standard InChI is InChI=1S/C18H20ClN5O2/c1-11-4-3-5-12(2)24(11)16(25)9-23-18(26)22-10-20-15-8-13(19)6-7-14(15)17(22)21-23/h6-8,10-12H,3-5,9H2,1-2H3/t11-,12-/m1/s1. The lowest BCUT2D eigenvalue weighted by Crippen LogP contribution is -2.49. The van der Waals surface area contributed by atoms with Crippen LogP contribution in [-0.2, 0) is 11.3 Å². The van der Waals surface area contributed by atoms with Crippen LogP contribution in [0.2, 0.25) is 5.02 Å². The van der Waals surface area contributed by atoms with E-state index in [4.69, 9.17) is 11.6 Å². The third kappa shape index (κ3) is 2.76. The van der Waals surface area contributed by atoms with Crippen molar-refractivity contribution in [2.24, 2.45) is 0 Å². The fourth-order valence-corrected chi connectivity index (χ4v) is 4.02. The summed E-state index contributed by atoms with van der Waals surface area (Å²) in [6, 6.07) is 5.61. The Kier molecular flexibility index (Phi) is 4.19. The lowest BCUT2D eigenvalue weighted by atomic mass is 9.97. The number of piperidine rings is 1. The molecule has 4 rings (SSSR count). The van der Waals surface area contributed by atoms with Gasteiger partial charge in [0.25, 0.3) is 0 Å². The van der Waals surface area contributed by atoms with E-state index in [0.29, 0.717) is 16.2 Å². The van der Waals surface area contributed by atoms with Gasteiger partial charge in [-0.05, 0) is 51.3 Å². The van der Waals surface area contributed by atoms with Gasteiger partial charge in [-0.25, -0.2) is 18.9 Å². The fraction of sp³-hybridized carbons (Fsp3) is 0.444. The average molecular weight is 374 g/mol.